The van der Waals surface area contributed by atoms with Crippen LogP contribution in [0, 0.1) is 0 Å². The first kappa shape index (κ1) is 13.9. The lowest BCUT2D eigenvalue weighted by Gasteiger charge is -2.19. The molecule has 4 nitrogen and oxygen atoms in total. The fraction of sp³-hybridized carbons (Fsp3) is 0.615. The van der Waals surface area contributed by atoms with Crippen molar-refractivity contribution in [1.82, 2.24) is 10.3 Å². The van der Waals surface area contributed by atoms with Crippen LogP contribution in [0.25, 0.3) is 0 Å². The number of hydrogen-bond acceptors (Lipinski definition) is 4. The second kappa shape index (κ2) is 7.25. The Hall–Kier alpha value is -1.13. The molecule has 1 rings (SSSR count). The molecule has 0 saturated carbocycles. The molecule has 1 aromatic rings. The summed E-state index contributed by atoms with van der Waals surface area (Å²) in [5.74, 6) is 0.983. The molecule has 1 unspecified atom stereocenters. The third-order valence-corrected chi connectivity index (χ3v) is 2.87. The maximum absolute atomic E-state index is 5.33. The number of nitrogens with zero attached hydrogens (tertiary/aromatic N) is 2. The number of rotatable bonds is 7. The van der Waals surface area contributed by atoms with E-state index in [1.807, 2.05) is 27.2 Å². The van der Waals surface area contributed by atoms with E-state index in [4.69, 9.17) is 4.74 Å². The van der Waals surface area contributed by atoms with Gasteiger partial charge in [0.1, 0.15) is 5.82 Å². The molecule has 0 bridgehead atoms. The first-order chi connectivity index (χ1) is 8.19. The van der Waals surface area contributed by atoms with Gasteiger partial charge in [0.05, 0.1) is 6.61 Å². The van der Waals surface area contributed by atoms with Gasteiger partial charge in [0, 0.05) is 32.4 Å². The molecule has 0 spiro atoms. The van der Waals surface area contributed by atoms with Crippen molar-refractivity contribution in [2.24, 2.45) is 0 Å². The number of hydrogen-bond donors (Lipinski definition) is 1. The molecule has 1 heterocycles. The molecule has 0 saturated heterocycles. The molecular formula is C13H23N3O. The molecule has 1 atom stereocenters. The van der Waals surface area contributed by atoms with Crippen molar-refractivity contribution in [2.45, 2.75) is 19.9 Å². The number of aromatic nitrogens is 1. The second-order valence-electron chi connectivity index (χ2n) is 4.08. The summed E-state index contributed by atoms with van der Waals surface area (Å²) in [5, 5.41) is 3.20. The summed E-state index contributed by atoms with van der Waals surface area (Å²) in [6.07, 6.45) is 1.92. The highest BCUT2D eigenvalue weighted by Gasteiger charge is 2.05. The number of pyridine rings is 1. The lowest BCUT2D eigenvalue weighted by molar-refractivity contribution is 0.154. The van der Waals surface area contributed by atoms with E-state index in [1.165, 1.54) is 5.56 Å². The molecule has 0 aromatic carbocycles. The van der Waals surface area contributed by atoms with Gasteiger partial charge in [-0.15, -0.1) is 0 Å². The van der Waals surface area contributed by atoms with Crippen LogP contribution in [0.1, 0.15) is 25.5 Å². The van der Waals surface area contributed by atoms with Gasteiger partial charge in [-0.2, -0.15) is 0 Å². The number of anilines is 1. The molecule has 1 aromatic heterocycles. The highest BCUT2D eigenvalue weighted by atomic mass is 16.5. The van der Waals surface area contributed by atoms with E-state index in [0.29, 0.717) is 6.04 Å². The third-order valence-electron chi connectivity index (χ3n) is 2.87. The largest absolute Gasteiger partial charge is 0.380 e. The Labute approximate surface area is 104 Å². The second-order valence-corrected chi connectivity index (χ2v) is 4.08. The van der Waals surface area contributed by atoms with Gasteiger partial charge < -0.3 is 15.0 Å². The van der Waals surface area contributed by atoms with Gasteiger partial charge >= 0.3 is 0 Å². The van der Waals surface area contributed by atoms with Crippen LogP contribution < -0.4 is 10.2 Å². The van der Waals surface area contributed by atoms with Crippen molar-refractivity contribution >= 4 is 5.82 Å². The topological polar surface area (TPSA) is 37.4 Å². The zero-order chi connectivity index (χ0) is 12.7. The SMILES string of the molecule is CCOCCN(C)c1ccc(C(C)NC)cn1. The average Bonchev–Trinajstić information content (AvgIpc) is 2.38. The monoisotopic (exact) mass is 237 g/mol. The fourth-order valence-corrected chi connectivity index (χ4v) is 1.51. The summed E-state index contributed by atoms with van der Waals surface area (Å²) in [6, 6.07) is 4.50. The Bertz CT molecular complexity index is 313. The van der Waals surface area contributed by atoms with Crippen LogP contribution in [-0.2, 0) is 4.74 Å². The van der Waals surface area contributed by atoms with E-state index in [0.717, 1.165) is 25.6 Å². The van der Waals surface area contributed by atoms with Gasteiger partial charge in [0.15, 0.2) is 0 Å². The van der Waals surface area contributed by atoms with Gasteiger partial charge in [-0.1, -0.05) is 6.07 Å². The van der Waals surface area contributed by atoms with Crippen molar-refractivity contribution in [2.75, 3.05) is 38.8 Å². The highest BCUT2D eigenvalue weighted by molar-refractivity contribution is 5.38. The summed E-state index contributed by atoms with van der Waals surface area (Å²) in [7, 11) is 3.98. The standard InChI is InChI=1S/C13H23N3O/c1-5-17-9-8-16(4)13-7-6-12(10-15-13)11(2)14-3/h6-7,10-11,14H,5,8-9H2,1-4H3. The van der Waals surface area contributed by atoms with Crippen LogP contribution in [0.2, 0.25) is 0 Å². The van der Waals surface area contributed by atoms with Crippen molar-refractivity contribution in [3.05, 3.63) is 23.9 Å². The van der Waals surface area contributed by atoms with E-state index in [9.17, 15) is 0 Å². The van der Waals surface area contributed by atoms with E-state index in [2.05, 4.69) is 34.3 Å². The smallest absolute Gasteiger partial charge is 0.128 e. The van der Waals surface area contributed by atoms with Gasteiger partial charge in [-0.25, -0.2) is 4.98 Å². The molecule has 0 radical (unpaired) electrons. The summed E-state index contributed by atoms with van der Waals surface area (Å²) in [5.41, 5.74) is 1.20. The maximum Gasteiger partial charge on any atom is 0.128 e. The van der Waals surface area contributed by atoms with Crippen molar-refractivity contribution < 1.29 is 4.74 Å². The molecule has 17 heavy (non-hydrogen) atoms. The number of likely N-dealkylation sites (N-methyl/N-ethyl adjacent to an activating group) is 1. The quantitative estimate of drug-likeness (QED) is 0.734. The Morgan fingerprint density at radius 3 is 2.76 bits per heavy atom. The lowest BCUT2D eigenvalue weighted by Crippen LogP contribution is -2.23. The van der Waals surface area contributed by atoms with E-state index in [1.54, 1.807) is 0 Å². The summed E-state index contributed by atoms with van der Waals surface area (Å²) in [6.45, 7) is 6.49. The first-order valence-electron chi connectivity index (χ1n) is 6.11. The predicted molar refractivity (Wildman–Crippen MR) is 71.5 cm³/mol. The van der Waals surface area contributed by atoms with Crippen molar-refractivity contribution in [3.63, 3.8) is 0 Å². The van der Waals surface area contributed by atoms with Crippen LogP contribution in [0.15, 0.2) is 18.3 Å². The highest BCUT2D eigenvalue weighted by Crippen LogP contribution is 2.14. The minimum absolute atomic E-state index is 0.338. The molecule has 96 valence electrons. The fourth-order valence-electron chi connectivity index (χ4n) is 1.51. The maximum atomic E-state index is 5.33. The van der Waals surface area contributed by atoms with Crippen LogP contribution in [0.4, 0.5) is 5.82 Å². The Morgan fingerprint density at radius 1 is 1.47 bits per heavy atom. The van der Waals surface area contributed by atoms with Crippen LogP contribution in [-0.4, -0.2) is 38.8 Å². The summed E-state index contributed by atoms with van der Waals surface area (Å²) < 4.78 is 5.33. The normalized spacial score (nSPS) is 12.5. The zero-order valence-electron chi connectivity index (χ0n) is 11.2. The van der Waals surface area contributed by atoms with Gasteiger partial charge in [-0.05, 0) is 32.5 Å². The summed E-state index contributed by atoms with van der Waals surface area (Å²) in [4.78, 5) is 6.56. The average molecular weight is 237 g/mol. The van der Waals surface area contributed by atoms with Crippen molar-refractivity contribution in [3.8, 4) is 0 Å². The Morgan fingerprint density at radius 2 is 2.24 bits per heavy atom. The Balaban J connectivity index is 2.54. The Kier molecular flexibility index (Phi) is 5.94. The minimum Gasteiger partial charge on any atom is -0.380 e. The molecule has 0 aliphatic rings. The molecule has 0 aliphatic heterocycles. The number of nitrogens with one attached hydrogen (secondary N) is 1. The predicted octanol–water partition coefficient (Wildman–Crippen LogP) is 1.83. The summed E-state index contributed by atoms with van der Waals surface area (Å²) >= 11 is 0. The minimum atomic E-state index is 0.338. The van der Waals surface area contributed by atoms with E-state index in [-0.39, 0.29) is 0 Å². The van der Waals surface area contributed by atoms with Gasteiger partial charge in [0.25, 0.3) is 0 Å². The lowest BCUT2D eigenvalue weighted by atomic mass is 10.1. The molecule has 0 aliphatic carbocycles. The molecule has 0 fully saturated rings. The molecular weight excluding hydrogens is 214 g/mol. The van der Waals surface area contributed by atoms with Crippen LogP contribution >= 0.6 is 0 Å². The first-order valence-corrected chi connectivity index (χ1v) is 6.11. The zero-order valence-corrected chi connectivity index (χ0v) is 11.2. The van der Waals surface area contributed by atoms with Crippen molar-refractivity contribution in [1.29, 1.82) is 0 Å². The van der Waals surface area contributed by atoms with Crippen LogP contribution in [0.5, 0.6) is 0 Å². The molecule has 0 amide bonds. The van der Waals surface area contributed by atoms with Gasteiger partial charge in [0.2, 0.25) is 0 Å². The van der Waals surface area contributed by atoms with Gasteiger partial charge in [-0.3, -0.25) is 0 Å². The van der Waals surface area contributed by atoms with E-state index < -0.39 is 0 Å². The molecule has 4 heteroatoms. The third kappa shape index (κ3) is 4.32. The van der Waals surface area contributed by atoms with Crippen LogP contribution in [0.3, 0.4) is 0 Å². The van der Waals surface area contributed by atoms with E-state index >= 15 is 0 Å². The number of ether oxygens (including phenoxy) is 1. The molecule has 1 N–H and O–H groups in total.